The number of hydrogen-bond donors (Lipinski definition) is 1. The highest BCUT2D eigenvalue weighted by atomic mass is 35.5. The van der Waals surface area contributed by atoms with Crippen LogP contribution in [0, 0.1) is 11.8 Å². The van der Waals surface area contributed by atoms with E-state index in [9.17, 15) is 28.8 Å². The predicted molar refractivity (Wildman–Crippen MR) is 279 cm³/mol. The van der Waals surface area contributed by atoms with Gasteiger partial charge in [-0.05, 0) is 114 Å². The number of benzene rings is 2. The van der Waals surface area contributed by atoms with Gasteiger partial charge in [0.15, 0.2) is 17.6 Å². The van der Waals surface area contributed by atoms with Gasteiger partial charge >= 0.3 is 24.1 Å². The number of ketones is 2. The quantitative estimate of drug-likeness (QED) is 0.0716. The molecule has 0 saturated heterocycles. The van der Waals surface area contributed by atoms with E-state index in [2.05, 4.69) is 37.5 Å². The summed E-state index contributed by atoms with van der Waals surface area (Å²) in [5, 5.41) is 10.0. The summed E-state index contributed by atoms with van der Waals surface area (Å²) in [6.07, 6.45) is 7.50. The van der Waals surface area contributed by atoms with Crippen molar-refractivity contribution in [3.8, 4) is 0 Å². The maximum Gasteiger partial charge on any atom is 0.413 e. The van der Waals surface area contributed by atoms with Crippen molar-refractivity contribution in [2.45, 2.75) is 163 Å². The third-order valence-electron chi connectivity index (χ3n) is 12.8. The van der Waals surface area contributed by atoms with Gasteiger partial charge in [-0.15, -0.1) is 0 Å². The van der Waals surface area contributed by atoms with Gasteiger partial charge in [0.2, 0.25) is 6.79 Å². The Morgan fingerprint density at radius 3 is 1.31 bits per heavy atom. The highest BCUT2D eigenvalue weighted by Crippen LogP contribution is 2.44. The number of halogens is 3. The van der Waals surface area contributed by atoms with E-state index < -0.39 is 48.0 Å². The molecule has 0 bridgehead atoms. The van der Waals surface area contributed by atoms with Crippen molar-refractivity contribution in [3.05, 3.63) is 69.7 Å². The first kappa shape index (κ1) is 64.1. The number of carbonyl (C=O) groups is 6. The standard InChI is InChI=1S/C26H39ClN2O5.C15H17Cl2NO3.C11H23NO2.CH4/c1-6-16-29(17-7-2)23(19(3)4)24(31)33-18-34-25(32)28(5)26(15-11-10-14-22(26)30)20-12-8-9-13-21(20)27;1-18(14(20)21-10-16)15(9-5-4-8-13(15)19)11-6-2-3-7-12(11)17;1-5-7-12(8-6-2)10(9(3)4)11(13)14;/h8-9,12-13,19,23H,6-7,10-11,14-18H2,1-5H3;2-3,6-7H,4-5,8-10H2,1H3;9-10H,5-8H2,1-4H3,(H,13,14);1H4/t23-,26-;15-;10-;/m000./s1. The molecule has 0 radical (unpaired) electrons. The molecule has 14 nitrogen and oxygen atoms in total. The Kier molecular flexibility index (Phi) is 29.5. The molecular weight excluding hydrogens is 959 g/mol. The summed E-state index contributed by atoms with van der Waals surface area (Å²) in [6.45, 7) is 19.0. The van der Waals surface area contributed by atoms with Gasteiger partial charge in [-0.2, -0.15) is 0 Å². The maximum absolute atomic E-state index is 13.2. The fourth-order valence-electron chi connectivity index (χ4n) is 9.67. The summed E-state index contributed by atoms with van der Waals surface area (Å²) in [4.78, 5) is 81.7. The smallest absolute Gasteiger partial charge is 0.413 e. The topological polar surface area (TPSA) is 163 Å². The number of esters is 1. The molecule has 70 heavy (non-hydrogen) atoms. The fraction of sp³-hybridized carbons (Fsp3) is 0.660. The van der Waals surface area contributed by atoms with Crippen molar-refractivity contribution >= 4 is 70.5 Å². The Hall–Kier alpha value is -3.95. The zero-order chi connectivity index (χ0) is 51.9. The van der Waals surface area contributed by atoms with Crippen LogP contribution in [0.2, 0.25) is 10.0 Å². The molecule has 0 spiro atoms. The lowest BCUT2D eigenvalue weighted by atomic mass is 9.74. The van der Waals surface area contributed by atoms with Gasteiger partial charge in [0.25, 0.3) is 0 Å². The van der Waals surface area contributed by atoms with Gasteiger partial charge < -0.3 is 19.3 Å². The van der Waals surface area contributed by atoms with Crippen LogP contribution in [0.3, 0.4) is 0 Å². The summed E-state index contributed by atoms with van der Waals surface area (Å²) in [6, 6.07) is 13.2. The number of carbonyl (C=O) groups excluding carboxylic acids is 5. The first-order valence-electron chi connectivity index (χ1n) is 24.6. The Morgan fingerprint density at radius 2 is 0.986 bits per heavy atom. The lowest BCUT2D eigenvalue weighted by Crippen LogP contribution is -2.54. The Balaban J connectivity index is 0.000000579. The molecular formula is C53H83Cl3N4O10. The average Bonchev–Trinajstić information content (AvgIpc) is 3.30. The van der Waals surface area contributed by atoms with Crippen LogP contribution in [0.4, 0.5) is 9.59 Å². The van der Waals surface area contributed by atoms with Crippen molar-refractivity contribution in [2.24, 2.45) is 11.8 Å². The van der Waals surface area contributed by atoms with Crippen LogP contribution in [0.15, 0.2) is 48.5 Å². The zero-order valence-electron chi connectivity index (χ0n) is 42.7. The molecule has 2 aliphatic carbocycles. The monoisotopic (exact) mass is 1040 g/mol. The molecule has 17 heteroatoms. The number of Topliss-reactive ketones (excluding diaryl/α,β-unsaturated/α-hetero) is 2. The molecule has 2 aromatic carbocycles. The number of aliphatic carboxylic acids is 1. The van der Waals surface area contributed by atoms with Gasteiger partial charge in [-0.3, -0.25) is 38.8 Å². The van der Waals surface area contributed by atoms with Crippen LogP contribution < -0.4 is 0 Å². The van der Waals surface area contributed by atoms with Crippen molar-refractivity contribution in [1.82, 2.24) is 19.6 Å². The van der Waals surface area contributed by atoms with E-state index in [1.54, 1.807) is 49.5 Å². The number of hydrogen-bond acceptors (Lipinski definition) is 11. The minimum absolute atomic E-state index is 0. The molecule has 2 aliphatic rings. The number of carboxylic acids is 1. The summed E-state index contributed by atoms with van der Waals surface area (Å²) < 4.78 is 15.5. The number of alkyl halides is 1. The van der Waals surface area contributed by atoms with Gasteiger partial charge in [0.1, 0.15) is 23.2 Å². The van der Waals surface area contributed by atoms with E-state index in [1.807, 2.05) is 33.8 Å². The Morgan fingerprint density at radius 1 is 0.614 bits per heavy atom. The molecule has 1 N–H and O–H groups in total. The molecule has 0 heterocycles. The highest BCUT2D eigenvalue weighted by molar-refractivity contribution is 6.32. The van der Waals surface area contributed by atoms with E-state index in [0.29, 0.717) is 46.9 Å². The average molecular weight is 1040 g/mol. The van der Waals surface area contributed by atoms with Crippen LogP contribution in [0.25, 0.3) is 0 Å². The first-order chi connectivity index (χ1) is 32.8. The summed E-state index contributed by atoms with van der Waals surface area (Å²) >= 11 is 18.2. The molecule has 0 aliphatic heterocycles. The molecule has 2 fully saturated rings. The molecule has 2 amide bonds. The normalized spacial score (nSPS) is 18.6. The van der Waals surface area contributed by atoms with Crippen LogP contribution in [0.5, 0.6) is 0 Å². The second-order valence-electron chi connectivity index (χ2n) is 18.4. The number of carboxylic acid groups (broad SMARTS) is 1. The molecule has 0 aromatic heterocycles. The molecule has 4 atom stereocenters. The van der Waals surface area contributed by atoms with Crippen LogP contribution in [-0.4, -0.2) is 126 Å². The number of likely N-dealkylation sites (N-methyl/N-ethyl adjacent to an activating group) is 2. The third-order valence-corrected chi connectivity index (χ3v) is 13.6. The minimum Gasteiger partial charge on any atom is -0.480 e. The summed E-state index contributed by atoms with van der Waals surface area (Å²) in [5.74, 6) is -0.976. The molecule has 2 aromatic rings. The predicted octanol–water partition coefficient (Wildman–Crippen LogP) is 12.2. The lowest BCUT2D eigenvalue weighted by Gasteiger charge is -2.43. The molecule has 4 rings (SSSR count). The van der Waals surface area contributed by atoms with Crippen LogP contribution in [0.1, 0.15) is 151 Å². The fourth-order valence-corrected chi connectivity index (χ4v) is 10.3. The van der Waals surface area contributed by atoms with Crippen molar-refractivity contribution in [3.63, 3.8) is 0 Å². The summed E-state index contributed by atoms with van der Waals surface area (Å²) in [7, 11) is 3.10. The van der Waals surface area contributed by atoms with Gasteiger partial charge in [-0.25, -0.2) is 9.59 Å². The van der Waals surface area contributed by atoms with Gasteiger partial charge in [-0.1, -0.05) is 134 Å². The van der Waals surface area contributed by atoms with E-state index in [4.69, 9.17) is 54.1 Å². The maximum atomic E-state index is 13.2. The van der Waals surface area contributed by atoms with E-state index in [1.165, 1.54) is 16.8 Å². The van der Waals surface area contributed by atoms with E-state index >= 15 is 0 Å². The second kappa shape index (κ2) is 32.2. The van der Waals surface area contributed by atoms with Crippen LogP contribution >= 0.6 is 34.8 Å². The third kappa shape index (κ3) is 16.8. The number of amides is 2. The SMILES string of the molecule is C.CCCN(CCC)[C@H](C(=O)O)C(C)C.CCCN(CCC)[C@H](C(=O)OCOC(=O)N(C)[C@]1(c2ccccc2Cl)CCCCC1=O)C(C)C.CN(C(=O)OCCl)[C@]1(c2ccccc2Cl)CCCCC1=O. The lowest BCUT2D eigenvalue weighted by molar-refractivity contribution is -0.161. The van der Waals surface area contributed by atoms with E-state index in [0.717, 1.165) is 77.5 Å². The number of nitrogens with zero attached hydrogens (tertiary/aromatic N) is 4. The minimum atomic E-state index is -1.20. The van der Waals surface area contributed by atoms with Crippen LogP contribution in [-0.2, 0) is 44.5 Å². The Bertz CT molecular complexity index is 1940. The molecule has 2 saturated carbocycles. The second-order valence-corrected chi connectivity index (χ2v) is 19.4. The molecule has 0 unspecified atom stereocenters. The van der Waals surface area contributed by atoms with E-state index in [-0.39, 0.29) is 42.9 Å². The first-order valence-corrected chi connectivity index (χ1v) is 25.9. The largest absolute Gasteiger partial charge is 0.480 e. The van der Waals surface area contributed by atoms with Gasteiger partial charge in [0.05, 0.1) is 0 Å². The summed E-state index contributed by atoms with van der Waals surface area (Å²) in [5.41, 5.74) is -1.03. The highest BCUT2D eigenvalue weighted by Gasteiger charge is 2.50. The number of rotatable bonds is 21. The molecule has 396 valence electrons. The number of ether oxygens (including phenoxy) is 3. The van der Waals surface area contributed by atoms with Crippen molar-refractivity contribution < 1.29 is 48.1 Å². The van der Waals surface area contributed by atoms with Crippen molar-refractivity contribution in [1.29, 1.82) is 0 Å². The zero-order valence-corrected chi connectivity index (χ0v) is 45.0. The Labute approximate surface area is 434 Å². The van der Waals surface area contributed by atoms with Crippen molar-refractivity contribution in [2.75, 3.05) is 53.1 Å². The van der Waals surface area contributed by atoms with Gasteiger partial charge in [0, 0.05) is 48.1 Å².